The number of ether oxygens (including phenoxy) is 2. The average molecular weight is 279 g/mol. The lowest BCUT2D eigenvalue weighted by Gasteiger charge is -2.14. The van der Waals surface area contributed by atoms with Gasteiger partial charge in [0, 0.05) is 6.42 Å². The number of nitro groups is 1. The molecule has 1 rings (SSSR count). The number of nitrogens with zero attached hydrogens (tertiary/aromatic N) is 1. The minimum atomic E-state index is -1.22. The normalized spacial score (nSPS) is 11.7. The maximum Gasteiger partial charge on any atom is 0.387 e. The zero-order valence-electron chi connectivity index (χ0n) is 11.8. The van der Waals surface area contributed by atoms with Crippen LogP contribution in [0.4, 0.5) is 0 Å². The van der Waals surface area contributed by atoms with Crippen molar-refractivity contribution in [3.8, 4) is 5.75 Å². The van der Waals surface area contributed by atoms with Gasteiger partial charge in [0.1, 0.15) is 5.75 Å². The Bertz CT molecular complexity index is 419. The predicted octanol–water partition coefficient (Wildman–Crippen LogP) is 3.78. The fourth-order valence-electron chi connectivity index (χ4n) is 1.65. The Morgan fingerprint density at radius 1 is 1.35 bits per heavy atom. The molecular formula is C15H21NO4. The summed E-state index contributed by atoms with van der Waals surface area (Å²) >= 11 is 0. The molecule has 5 nitrogen and oxygen atoms in total. The molecule has 0 heterocycles. The summed E-state index contributed by atoms with van der Waals surface area (Å²) in [4.78, 5) is 10.5. The summed E-state index contributed by atoms with van der Waals surface area (Å²) in [7, 11) is 0. The van der Waals surface area contributed by atoms with Gasteiger partial charge in [-0.2, -0.15) is 0 Å². The number of hydrogen-bond acceptors (Lipinski definition) is 4. The van der Waals surface area contributed by atoms with Crippen LogP contribution in [0, 0.1) is 10.1 Å². The van der Waals surface area contributed by atoms with Gasteiger partial charge < -0.3 is 9.47 Å². The molecule has 0 aliphatic rings. The molecule has 0 aromatic heterocycles. The van der Waals surface area contributed by atoms with E-state index in [1.807, 2.05) is 6.07 Å². The van der Waals surface area contributed by atoms with Gasteiger partial charge in [0.2, 0.25) is 0 Å². The molecule has 0 spiro atoms. The quantitative estimate of drug-likeness (QED) is 0.215. The highest BCUT2D eigenvalue weighted by Gasteiger charge is 2.23. The molecule has 1 aromatic rings. The van der Waals surface area contributed by atoms with E-state index < -0.39 is 11.2 Å². The first kappa shape index (κ1) is 16.0. The van der Waals surface area contributed by atoms with Gasteiger partial charge >= 0.3 is 6.23 Å². The SMILES string of the molecule is C=C(CCCCC)OC(COc1ccccc1)[N+](=O)[O-]. The van der Waals surface area contributed by atoms with Gasteiger partial charge in [-0.3, -0.25) is 10.1 Å². The maximum absolute atomic E-state index is 10.9. The Hall–Kier alpha value is -2.04. The Kier molecular flexibility index (Phi) is 7.17. The van der Waals surface area contributed by atoms with E-state index >= 15 is 0 Å². The van der Waals surface area contributed by atoms with E-state index in [1.54, 1.807) is 24.3 Å². The molecule has 0 saturated carbocycles. The molecule has 0 aliphatic heterocycles. The van der Waals surface area contributed by atoms with Crippen LogP contribution in [0.3, 0.4) is 0 Å². The summed E-state index contributed by atoms with van der Waals surface area (Å²) in [5.41, 5.74) is 0. The van der Waals surface area contributed by atoms with Crippen LogP contribution in [0.1, 0.15) is 32.6 Å². The first-order valence-electron chi connectivity index (χ1n) is 6.79. The molecule has 5 heteroatoms. The third-order valence-corrected chi connectivity index (χ3v) is 2.73. The average Bonchev–Trinajstić information content (AvgIpc) is 2.44. The molecule has 0 bridgehead atoms. The first-order chi connectivity index (χ1) is 9.63. The van der Waals surface area contributed by atoms with Crippen LogP contribution in [0.25, 0.3) is 0 Å². The largest absolute Gasteiger partial charge is 0.482 e. The number of unbranched alkanes of at least 4 members (excludes halogenated alkanes) is 2. The molecule has 0 fully saturated rings. The second-order valence-electron chi connectivity index (χ2n) is 4.48. The Balaban J connectivity index is 2.40. The van der Waals surface area contributed by atoms with Crippen LogP contribution >= 0.6 is 0 Å². The van der Waals surface area contributed by atoms with Gasteiger partial charge in [-0.25, -0.2) is 0 Å². The van der Waals surface area contributed by atoms with Crippen LogP contribution in [-0.4, -0.2) is 17.8 Å². The van der Waals surface area contributed by atoms with Crippen molar-refractivity contribution in [2.75, 3.05) is 6.61 Å². The number of hydrogen-bond donors (Lipinski definition) is 0. The van der Waals surface area contributed by atoms with Gasteiger partial charge in [-0.05, 0) is 18.6 Å². The summed E-state index contributed by atoms with van der Waals surface area (Å²) in [6, 6.07) is 8.95. The van der Waals surface area contributed by atoms with Gasteiger partial charge in [-0.1, -0.05) is 44.5 Å². The summed E-state index contributed by atoms with van der Waals surface area (Å²) in [6.07, 6.45) is 2.50. The van der Waals surface area contributed by atoms with E-state index in [0.717, 1.165) is 19.3 Å². The van der Waals surface area contributed by atoms with E-state index in [9.17, 15) is 10.1 Å². The number of allylic oxidation sites excluding steroid dienone is 1. The van der Waals surface area contributed by atoms with Crippen molar-refractivity contribution >= 4 is 0 Å². The third kappa shape index (κ3) is 6.22. The third-order valence-electron chi connectivity index (χ3n) is 2.73. The molecule has 0 amide bonds. The highest BCUT2D eigenvalue weighted by molar-refractivity contribution is 5.20. The van der Waals surface area contributed by atoms with Crippen LogP contribution in [0.2, 0.25) is 0 Å². The van der Waals surface area contributed by atoms with E-state index in [2.05, 4.69) is 13.5 Å². The van der Waals surface area contributed by atoms with Gasteiger partial charge in [0.25, 0.3) is 0 Å². The van der Waals surface area contributed by atoms with Gasteiger partial charge in [-0.15, -0.1) is 0 Å². The van der Waals surface area contributed by atoms with Crippen molar-refractivity contribution in [3.63, 3.8) is 0 Å². The molecule has 20 heavy (non-hydrogen) atoms. The highest BCUT2D eigenvalue weighted by Crippen LogP contribution is 2.13. The number of rotatable bonds is 10. The summed E-state index contributed by atoms with van der Waals surface area (Å²) in [5.74, 6) is 1.02. The molecule has 1 unspecified atom stereocenters. The Labute approximate surface area is 119 Å². The van der Waals surface area contributed by atoms with Crippen LogP contribution in [-0.2, 0) is 4.74 Å². The van der Waals surface area contributed by atoms with Gasteiger partial charge in [0.05, 0.1) is 10.7 Å². The van der Waals surface area contributed by atoms with E-state index in [0.29, 0.717) is 17.9 Å². The predicted molar refractivity (Wildman–Crippen MR) is 77.1 cm³/mol. The lowest BCUT2D eigenvalue weighted by Crippen LogP contribution is -2.29. The Morgan fingerprint density at radius 3 is 2.65 bits per heavy atom. The van der Waals surface area contributed by atoms with Crippen LogP contribution in [0.5, 0.6) is 5.75 Å². The smallest absolute Gasteiger partial charge is 0.387 e. The van der Waals surface area contributed by atoms with Crippen molar-refractivity contribution in [2.45, 2.75) is 38.8 Å². The molecule has 0 aliphatic carbocycles. The number of benzene rings is 1. The topological polar surface area (TPSA) is 61.6 Å². The standard InChI is InChI=1S/C15H21NO4/c1-3-4-6-9-13(2)20-15(16(17)18)12-19-14-10-7-5-8-11-14/h5,7-8,10-11,15H,2-4,6,9,12H2,1H3. The highest BCUT2D eigenvalue weighted by atomic mass is 16.7. The van der Waals surface area contributed by atoms with Crippen molar-refractivity contribution in [1.29, 1.82) is 0 Å². The van der Waals surface area contributed by atoms with Crippen molar-refractivity contribution < 1.29 is 14.4 Å². The second-order valence-corrected chi connectivity index (χ2v) is 4.48. The summed E-state index contributed by atoms with van der Waals surface area (Å²) < 4.78 is 10.6. The van der Waals surface area contributed by atoms with Crippen molar-refractivity contribution in [1.82, 2.24) is 0 Å². The summed E-state index contributed by atoms with van der Waals surface area (Å²) in [6.45, 7) is 5.68. The summed E-state index contributed by atoms with van der Waals surface area (Å²) in [5, 5.41) is 10.9. The second kappa shape index (κ2) is 8.96. The molecule has 0 N–H and O–H groups in total. The monoisotopic (exact) mass is 279 g/mol. The maximum atomic E-state index is 10.9. The number of para-hydroxylation sites is 1. The molecule has 1 atom stereocenters. The van der Waals surface area contributed by atoms with Crippen LogP contribution in [0.15, 0.2) is 42.7 Å². The van der Waals surface area contributed by atoms with Crippen LogP contribution < -0.4 is 4.74 Å². The molecule has 0 saturated heterocycles. The van der Waals surface area contributed by atoms with Crippen molar-refractivity contribution in [2.24, 2.45) is 0 Å². The fourth-order valence-corrected chi connectivity index (χ4v) is 1.65. The molecule has 1 aromatic carbocycles. The molecule has 110 valence electrons. The van der Waals surface area contributed by atoms with E-state index in [1.165, 1.54) is 0 Å². The first-order valence-corrected chi connectivity index (χ1v) is 6.79. The minimum Gasteiger partial charge on any atom is -0.482 e. The zero-order chi connectivity index (χ0) is 14.8. The lowest BCUT2D eigenvalue weighted by molar-refractivity contribution is -0.573. The lowest BCUT2D eigenvalue weighted by atomic mass is 10.2. The van der Waals surface area contributed by atoms with Gasteiger partial charge in [0.15, 0.2) is 6.61 Å². The molecule has 0 radical (unpaired) electrons. The van der Waals surface area contributed by atoms with E-state index in [4.69, 9.17) is 9.47 Å². The van der Waals surface area contributed by atoms with E-state index in [-0.39, 0.29) is 6.61 Å². The zero-order valence-corrected chi connectivity index (χ0v) is 11.8. The Morgan fingerprint density at radius 2 is 2.05 bits per heavy atom. The van der Waals surface area contributed by atoms with Crippen molar-refractivity contribution in [3.05, 3.63) is 52.8 Å². The minimum absolute atomic E-state index is 0.135. The molecular weight excluding hydrogens is 258 g/mol. The fraction of sp³-hybridized carbons (Fsp3) is 0.467.